The molecule has 1 aromatic rings. The number of rotatable bonds is 0. The smallest absolute Gasteiger partial charge is 0.246 e. The van der Waals surface area contributed by atoms with Gasteiger partial charge in [0, 0.05) is 7.05 Å². The zero-order chi connectivity index (χ0) is 10.3. The van der Waals surface area contributed by atoms with Gasteiger partial charge in [-0.2, -0.15) is 0 Å². The van der Waals surface area contributed by atoms with Gasteiger partial charge < -0.3 is 16.0 Å². The lowest BCUT2D eigenvalue weighted by Gasteiger charge is -2.33. The number of hydrogen-bond acceptors (Lipinski definition) is 3. The number of carbonyl (C=O) groups excluding carboxylic acids is 1. The van der Waals surface area contributed by atoms with Crippen LogP contribution in [0.4, 0.5) is 17.1 Å². The Labute approximate surface area is 82.7 Å². The van der Waals surface area contributed by atoms with Crippen LogP contribution in [0.2, 0.25) is 0 Å². The molecule has 1 aliphatic rings. The van der Waals surface area contributed by atoms with Crippen molar-refractivity contribution in [2.24, 2.45) is 0 Å². The largest absolute Gasteiger partial charge is 0.397 e. The average Bonchev–Trinajstić information content (AvgIpc) is 2.17. The molecule has 0 bridgehead atoms. The number of carbonyl (C=O) groups is 1. The lowest BCUT2D eigenvalue weighted by atomic mass is 10.1. The molecule has 0 radical (unpaired) electrons. The van der Waals surface area contributed by atoms with Gasteiger partial charge in [-0.05, 0) is 19.1 Å². The van der Waals surface area contributed by atoms with Crippen molar-refractivity contribution in [1.29, 1.82) is 0 Å². The molecule has 1 aliphatic heterocycles. The maximum absolute atomic E-state index is 11.5. The number of nitrogen functional groups attached to an aromatic ring is 1. The summed E-state index contributed by atoms with van der Waals surface area (Å²) in [7, 11) is 1.89. The van der Waals surface area contributed by atoms with E-state index < -0.39 is 0 Å². The first-order valence-electron chi connectivity index (χ1n) is 4.53. The molecule has 4 heteroatoms. The number of fused-ring (bicyclic) bond motifs is 1. The van der Waals surface area contributed by atoms with E-state index in [0.717, 1.165) is 11.4 Å². The molecule has 0 fully saturated rings. The van der Waals surface area contributed by atoms with Crippen molar-refractivity contribution in [3.63, 3.8) is 0 Å². The highest BCUT2D eigenvalue weighted by atomic mass is 16.2. The number of amides is 1. The Morgan fingerprint density at radius 3 is 2.93 bits per heavy atom. The summed E-state index contributed by atoms with van der Waals surface area (Å²) in [5.41, 5.74) is 8.07. The van der Waals surface area contributed by atoms with Gasteiger partial charge in [0.1, 0.15) is 6.04 Å². The van der Waals surface area contributed by atoms with Gasteiger partial charge in [-0.15, -0.1) is 0 Å². The topological polar surface area (TPSA) is 58.4 Å². The highest BCUT2D eigenvalue weighted by Gasteiger charge is 2.27. The third kappa shape index (κ3) is 1.11. The molecule has 1 amide bonds. The van der Waals surface area contributed by atoms with E-state index in [0.29, 0.717) is 5.69 Å². The first-order chi connectivity index (χ1) is 6.61. The number of anilines is 3. The minimum absolute atomic E-state index is 0.0158. The number of hydrogen-bond donors (Lipinski definition) is 2. The van der Waals surface area contributed by atoms with E-state index in [1.165, 1.54) is 0 Å². The molecule has 0 aliphatic carbocycles. The SMILES string of the molecule is CC1C(=O)Nc2c(N)cccc2N1C. The van der Waals surface area contributed by atoms with Crippen LogP contribution in [0.1, 0.15) is 6.92 Å². The summed E-state index contributed by atoms with van der Waals surface area (Å²) in [5.74, 6) is -0.0158. The number of nitrogens with zero attached hydrogens (tertiary/aromatic N) is 1. The Kier molecular flexibility index (Phi) is 1.84. The fraction of sp³-hybridized carbons (Fsp3) is 0.300. The molecule has 1 atom stereocenters. The average molecular weight is 191 g/mol. The molecular weight excluding hydrogens is 178 g/mol. The van der Waals surface area contributed by atoms with Gasteiger partial charge in [0.2, 0.25) is 5.91 Å². The summed E-state index contributed by atoms with van der Waals surface area (Å²) in [6.07, 6.45) is 0. The van der Waals surface area contributed by atoms with Gasteiger partial charge in [-0.3, -0.25) is 4.79 Å². The summed E-state index contributed by atoms with van der Waals surface area (Å²) >= 11 is 0. The van der Waals surface area contributed by atoms with Gasteiger partial charge >= 0.3 is 0 Å². The van der Waals surface area contributed by atoms with Crippen molar-refractivity contribution in [3.8, 4) is 0 Å². The number of nitrogens with two attached hydrogens (primary N) is 1. The van der Waals surface area contributed by atoms with Crippen LogP contribution in [-0.2, 0) is 4.79 Å². The van der Waals surface area contributed by atoms with Crippen LogP contribution in [0.25, 0.3) is 0 Å². The van der Waals surface area contributed by atoms with Crippen LogP contribution >= 0.6 is 0 Å². The molecule has 0 aromatic heterocycles. The van der Waals surface area contributed by atoms with E-state index in [-0.39, 0.29) is 11.9 Å². The van der Waals surface area contributed by atoms with Crippen molar-refractivity contribution >= 4 is 23.0 Å². The van der Waals surface area contributed by atoms with Crippen molar-refractivity contribution < 1.29 is 4.79 Å². The predicted molar refractivity (Wildman–Crippen MR) is 57.3 cm³/mol. The second kappa shape index (κ2) is 2.90. The zero-order valence-corrected chi connectivity index (χ0v) is 8.24. The summed E-state index contributed by atoms with van der Waals surface area (Å²) in [6.45, 7) is 1.86. The lowest BCUT2D eigenvalue weighted by molar-refractivity contribution is -0.117. The number of benzene rings is 1. The number of likely N-dealkylation sites (N-methyl/N-ethyl adjacent to an activating group) is 1. The van der Waals surface area contributed by atoms with E-state index in [4.69, 9.17) is 5.73 Å². The normalized spacial score (nSPS) is 20.3. The van der Waals surface area contributed by atoms with Crippen LogP contribution in [-0.4, -0.2) is 19.0 Å². The first kappa shape index (κ1) is 8.87. The zero-order valence-electron chi connectivity index (χ0n) is 8.24. The molecule has 0 spiro atoms. The van der Waals surface area contributed by atoms with Crippen molar-refractivity contribution in [2.45, 2.75) is 13.0 Å². The molecule has 1 heterocycles. The highest BCUT2D eigenvalue weighted by molar-refractivity contribution is 6.06. The summed E-state index contributed by atoms with van der Waals surface area (Å²) in [4.78, 5) is 13.4. The molecule has 1 aromatic carbocycles. The van der Waals surface area contributed by atoms with E-state index >= 15 is 0 Å². The van der Waals surface area contributed by atoms with E-state index in [2.05, 4.69) is 5.32 Å². The Balaban J connectivity index is 2.56. The maximum Gasteiger partial charge on any atom is 0.246 e. The molecule has 2 rings (SSSR count). The fourth-order valence-corrected chi connectivity index (χ4v) is 1.60. The van der Waals surface area contributed by atoms with Gasteiger partial charge in [-0.25, -0.2) is 0 Å². The Hall–Kier alpha value is -1.71. The number of para-hydroxylation sites is 1. The van der Waals surface area contributed by atoms with Gasteiger partial charge in [0.05, 0.1) is 17.1 Å². The standard InChI is InChI=1S/C10H13N3O/c1-6-10(14)12-9-7(11)4-3-5-8(9)13(6)2/h3-6H,11H2,1-2H3,(H,12,14). The summed E-state index contributed by atoms with van der Waals surface area (Å²) in [6, 6.07) is 5.46. The van der Waals surface area contributed by atoms with Crippen LogP contribution in [0.15, 0.2) is 18.2 Å². The molecule has 4 nitrogen and oxygen atoms in total. The van der Waals surface area contributed by atoms with Crippen molar-refractivity contribution in [1.82, 2.24) is 0 Å². The first-order valence-corrected chi connectivity index (χ1v) is 4.53. The van der Waals surface area contributed by atoms with Crippen LogP contribution in [0.5, 0.6) is 0 Å². The van der Waals surface area contributed by atoms with Gasteiger partial charge in [-0.1, -0.05) is 6.07 Å². The van der Waals surface area contributed by atoms with Gasteiger partial charge in [0.25, 0.3) is 0 Å². The minimum atomic E-state index is -0.149. The Morgan fingerprint density at radius 2 is 2.21 bits per heavy atom. The van der Waals surface area contributed by atoms with E-state index in [1.807, 2.05) is 31.0 Å². The third-order valence-electron chi connectivity index (χ3n) is 2.66. The quantitative estimate of drug-likeness (QED) is 0.602. The molecule has 0 saturated carbocycles. The van der Waals surface area contributed by atoms with E-state index in [9.17, 15) is 4.79 Å². The van der Waals surface area contributed by atoms with Crippen molar-refractivity contribution in [3.05, 3.63) is 18.2 Å². The van der Waals surface area contributed by atoms with Crippen LogP contribution < -0.4 is 16.0 Å². The van der Waals surface area contributed by atoms with Crippen LogP contribution in [0, 0.1) is 0 Å². The summed E-state index contributed by atoms with van der Waals surface area (Å²) in [5, 5.41) is 2.80. The second-order valence-electron chi connectivity index (χ2n) is 3.52. The molecule has 14 heavy (non-hydrogen) atoms. The second-order valence-corrected chi connectivity index (χ2v) is 3.52. The highest BCUT2D eigenvalue weighted by Crippen LogP contribution is 2.35. The predicted octanol–water partition coefficient (Wildman–Crippen LogP) is 1.05. The molecule has 74 valence electrons. The summed E-state index contributed by atoms with van der Waals surface area (Å²) < 4.78 is 0. The molecule has 3 N–H and O–H groups in total. The monoisotopic (exact) mass is 191 g/mol. The number of nitrogens with one attached hydrogen (secondary N) is 1. The van der Waals surface area contributed by atoms with Gasteiger partial charge in [0.15, 0.2) is 0 Å². The maximum atomic E-state index is 11.5. The lowest BCUT2D eigenvalue weighted by Crippen LogP contribution is -2.44. The minimum Gasteiger partial charge on any atom is -0.397 e. The van der Waals surface area contributed by atoms with Crippen molar-refractivity contribution in [2.75, 3.05) is 23.0 Å². The fourth-order valence-electron chi connectivity index (χ4n) is 1.60. The van der Waals surface area contributed by atoms with E-state index in [1.54, 1.807) is 6.07 Å². The Morgan fingerprint density at radius 1 is 1.50 bits per heavy atom. The Bertz CT molecular complexity index is 389. The molecular formula is C10H13N3O. The third-order valence-corrected chi connectivity index (χ3v) is 2.66. The van der Waals surface area contributed by atoms with Crippen LogP contribution in [0.3, 0.4) is 0 Å². The molecule has 0 saturated heterocycles. The molecule has 1 unspecified atom stereocenters.